The first kappa shape index (κ1) is 22.0. The van der Waals surface area contributed by atoms with E-state index >= 15 is 0 Å². The minimum absolute atomic E-state index is 0.0187. The maximum Gasteiger partial charge on any atom is 0.317 e. The summed E-state index contributed by atoms with van der Waals surface area (Å²) >= 11 is 1.34. The fourth-order valence-electron chi connectivity index (χ4n) is 3.71. The Hall–Kier alpha value is -3.26. The largest absolute Gasteiger partial charge is 0.338 e. The molecule has 0 unspecified atom stereocenters. The first-order valence-corrected chi connectivity index (χ1v) is 11.7. The summed E-state index contributed by atoms with van der Waals surface area (Å²) in [5, 5.41) is 15.4. The minimum atomic E-state index is -0.243. The number of anilines is 1. The van der Waals surface area contributed by atoms with Crippen LogP contribution in [0.4, 0.5) is 10.5 Å². The van der Waals surface area contributed by atoms with Crippen molar-refractivity contribution in [3.63, 3.8) is 0 Å². The van der Waals surface area contributed by atoms with Crippen molar-refractivity contribution in [1.82, 2.24) is 20.4 Å². The molecule has 2 heterocycles. The van der Waals surface area contributed by atoms with Gasteiger partial charge in [0.15, 0.2) is 0 Å². The molecule has 0 bridgehead atoms. The third-order valence-electron chi connectivity index (χ3n) is 5.61. The van der Waals surface area contributed by atoms with E-state index in [-0.39, 0.29) is 17.9 Å². The number of piperidine rings is 1. The third kappa shape index (κ3) is 5.70. The molecule has 0 spiro atoms. The predicted octanol–water partition coefficient (Wildman–Crippen LogP) is 4.23. The van der Waals surface area contributed by atoms with E-state index < -0.39 is 0 Å². The van der Waals surface area contributed by atoms with Crippen molar-refractivity contribution in [2.75, 3.05) is 25.0 Å². The second kappa shape index (κ2) is 10.4. The maximum absolute atomic E-state index is 12.5. The van der Waals surface area contributed by atoms with Crippen LogP contribution >= 0.6 is 11.3 Å². The molecule has 1 aliphatic rings. The molecule has 0 aliphatic carbocycles. The Morgan fingerprint density at radius 2 is 1.75 bits per heavy atom. The van der Waals surface area contributed by atoms with Crippen LogP contribution in [-0.2, 0) is 6.42 Å². The fourth-order valence-corrected chi connectivity index (χ4v) is 4.62. The molecule has 3 amide bonds. The van der Waals surface area contributed by atoms with Gasteiger partial charge >= 0.3 is 6.03 Å². The molecule has 0 radical (unpaired) electrons. The predicted molar refractivity (Wildman–Crippen MR) is 126 cm³/mol. The van der Waals surface area contributed by atoms with Gasteiger partial charge in [-0.3, -0.25) is 4.79 Å². The molecule has 7 nitrogen and oxygen atoms in total. The van der Waals surface area contributed by atoms with Crippen molar-refractivity contribution >= 4 is 29.0 Å². The maximum atomic E-state index is 12.5. The van der Waals surface area contributed by atoms with Crippen LogP contribution in [0.15, 0.2) is 54.6 Å². The van der Waals surface area contributed by atoms with Gasteiger partial charge in [0.05, 0.1) is 0 Å². The van der Waals surface area contributed by atoms with E-state index in [0.29, 0.717) is 24.6 Å². The van der Waals surface area contributed by atoms with Crippen molar-refractivity contribution in [2.45, 2.75) is 32.1 Å². The number of aryl methyl sites for hydroxylation is 1. The van der Waals surface area contributed by atoms with Gasteiger partial charge in [-0.15, -0.1) is 10.2 Å². The molecule has 1 fully saturated rings. The molecule has 4 rings (SSSR count). The van der Waals surface area contributed by atoms with E-state index in [0.717, 1.165) is 35.5 Å². The molecule has 1 saturated heterocycles. The summed E-state index contributed by atoms with van der Waals surface area (Å²) in [6.45, 7) is 3.97. The van der Waals surface area contributed by atoms with Crippen molar-refractivity contribution in [2.24, 2.45) is 0 Å². The standard InChI is InChI=1S/C24H27N5O2S/c1-17-7-9-20(10-8-17)26-21(30)23-28-27-22(32-23)19-12-15-29(16-13-19)24(31)25-14-11-18-5-3-2-4-6-18/h2-10,19H,11-16H2,1H3,(H,25,31)(H,26,30). The molecule has 32 heavy (non-hydrogen) atoms. The van der Waals surface area contributed by atoms with Crippen LogP contribution in [0.1, 0.15) is 44.7 Å². The Kier molecular flexibility index (Phi) is 7.11. The fraction of sp³-hybridized carbons (Fsp3) is 0.333. The lowest BCUT2D eigenvalue weighted by Gasteiger charge is -2.31. The topological polar surface area (TPSA) is 87.2 Å². The van der Waals surface area contributed by atoms with Crippen LogP contribution < -0.4 is 10.6 Å². The molecular weight excluding hydrogens is 422 g/mol. The van der Waals surface area contributed by atoms with E-state index in [2.05, 4.69) is 33.0 Å². The summed E-state index contributed by atoms with van der Waals surface area (Å²) in [6, 6.07) is 17.8. The molecule has 2 aromatic carbocycles. The van der Waals surface area contributed by atoms with E-state index in [1.165, 1.54) is 16.9 Å². The average Bonchev–Trinajstić information content (AvgIpc) is 3.32. The number of likely N-dealkylation sites (tertiary alicyclic amines) is 1. The molecule has 2 N–H and O–H groups in total. The summed E-state index contributed by atoms with van der Waals surface area (Å²) in [5.41, 5.74) is 3.09. The van der Waals surface area contributed by atoms with Crippen LogP contribution in [-0.4, -0.2) is 46.7 Å². The number of nitrogens with one attached hydrogen (secondary N) is 2. The average molecular weight is 450 g/mol. The van der Waals surface area contributed by atoms with Crippen LogP contribution in [0.5, 0.6) is 0 Å². The summed E-state index contributed by atoms with van der Waals surface area (Å²) in [4.78, 5) is 26.8. The molecule has 1 aromatic heterocycles. The van der Waals surface area contributed by atoms with E-state index in [9.17, 15) is 9.59 Å². The molecule has 166 valence electrons. The van der Waals surface area contributed by atoms with E-state index in [1.807, 2.05) is 54.3 Å². The van der Waals surface area contributed by atoms with Crippen molar-refractivity contribution in [1.29, 1.82) is 0 Å². The van der Waals surface area contributed by atoms with Gasteiger partial charge in [-0.05, 0) is 43.9 Å². The smallest absolute Gasteiger partial charge is 0.317 e. The number of hydrogen-bond donors (Lipinski definition) is 2. The van der Waals surface area contributed by atoms with E-state index in [1.54, 1.807) is 0 Å². The highest BCUT2D eigenvalue weighted by Crippen LogP contribution is 2.30. The minimum Gasteiger partial charge on any atom is -0.338 e. The highest BCUT2D eigenvalue weighted by atomic mass is 32.1. The molecule has 3 aromatic rings. The first-order chi connectivity index (χ1) is 15.6. The number of aromatic nitrogens is 2. The molecule has 0 atom stereocenters. The van der Waals surface area contributed by atoms with Gasteiger partial charge in [-0.25, -0.2) is 4.79 Å². The third-order valence-corrected chi connectivity index (χ3v) is 6.69. The summed E-state index contributed by atoms with van der Waals surface area (Å²) in [6.07, 6.45) is 2.46. The number of nitrogens with zero attached hydrogens (tertiary/aromatic N) is 3. The van der Waals surface area contributed by atoms with Gasteiger partial charge in [0.1, 0.15) is 5.01 Å². The van der Waals surface area contributed by atoms with Crippen molar-refractivity contribution < 1.29 is 9.59 Å². The van der Waals surface area contributed by atoms with E-state index in [4.69, 9.17) is 0 Å². The number of hydrogen-bond acceptors (Lipinski definition) is 5. The lowest BCUT2D eigenvalue weighted by Crippen LogP contribution is -2.44. The zero-order chi connectivity index (χ0) is 22.3. The number of urea groups is 1. The van der Waals surface area contributed by atoms with Crippen molar-refractivity contribution in [3.05, 3.63) is 75.7 Å². The van der Waals surface area contributed by atoms with Gasteiger partial charge in [0.2, 0.25) is 5.01 Å². The molecule has 8 heteroatoms. The summed E-state index contributed by atoms with van der Waals surface area (Å²) in [5.74, 6) is -0.0189. The highest BCUT2D eigenvalue weighted by Gasteiger charge is 2.27. The van der Waals surface area contributed by atoms with Gasteiger partial charge in [0.25, 0.3) is 5.91 Å². The Labute approximate surface area is 191 Å². The molecular formula is C24H27N5O2S. The summed E-state index contributed by atoms with van der Waals surface area (Å²) in [7, 11) is 0. The Morgan fingerprint density at radius 3 is 2.47 bits per heavy atom. The number of carbonyl (C=O) groups excluding carboxylic acids is 2. The second-order valence-electron chi connectivity index (χ2n) is 7.99. The van der Waals surface area contributed by atoms with Gasteiger partial charge in [-0.2, -0.15) is 0 Å². The van der Waals surface area contributed by atoms with Crippen LogP contribution in [0.3, 0.4) is 0 Å². The Balaban J connectivity index is 1.23. The van der Waals surface area contributed by atoms with Crippen LogP contribution in [0.2, 0.25) is 0 Å². The number of carbonyl (C=O) groups is 2. The Bertz CT molecular complexity index is 1040. The summed E-state index contributed by atoms with van der Waals surface area (Å²) < 4.78 is 0. The normalized spacial score (nSPS) is 14.2. The monoisotopic (exact) mass is 449 g/mol. The number of benzene rings is 2. The second-order valence-corrected chi connectivity index (χ2v) is 9.00. The first-order valence-electron chi connectivity index (χ1n) is 10.9. The lowest BCUT2D eigenvalue weighted by atomic mass is 9.98. The van der Waals surface area contributed by atoms with Crippen molar-refractivity contribution in [3.8, 4) is 0 Å². The zero-order valence-corrected chi connectivity index (χ0v) is 18.9. The molecule has 0 saturated carbocycles. The molecule has 1 aliphatic heterocycles. The van der Waals surface area contributed by atoms with Crippen LogP contribution in [0.25, 0.3) is 0 Å². The number of rotatable bonds is 6. The van der Waals surface area contributed by atoms with Crippen LogP contribution in [0, 0.1) is 6.92 Å². The van der Waals surface area contributed by atoms with Gasteiger partial charge < -0.3 is 15.5 Å². The zero-order valence-electron chi connectivity index (χ0n) is 18.1. The Morgan fingerprint density at radius 1 is 1.03 bits per heavy atom. The highest BCUT2D eigenvalue weighted by molar-refractivity contribution is 7.13. The van der Waals surface area contributed by atoms with Gasteiger partial charge in [0, 0.05) is 31.2 Å². The quantitative estimate of drug-likeness (QED) is 0.590. The SMILES string of the molecule is Cc1ccc(NC(=O)c2nnc(C3CCN(C(=O)NCCc4ccccc4)CC3)s2)cc1. The number of amides is 3. The van der Waals surface area contributed by atoms with Gasteiger partial charge in [-0.1, -0.05) is 59.4 Å². The lowest BCUT2D eigenvalue weighted by molar-refractivity contribution is 0.102.